The lowest BCUT2D eigenvalue weighted by atomic mass is 10.0. The highest BCUT2D eigenvalue weighted by molar-refractivity contribution is 5.73. The SMILES string of the molecule is Cc1nc2cc(F)c(C(C)C)cc2o1. The van der Waals surface area contributed by atoms with Crippen LogP contribution in [0, 0.1) is 12.7 Å². The predicted molar refractivity (Wildman–Crippen MR) is 52.8 cm³/mol. The second-order valence-electron chi connectivity index (χ2n) is 3.73. The summed E-state index contributed by atoms with van der Waals surface area (Å²) in [5.41, 5.74) is 1.92. The topological polar surface area (TPSA) is 26.0 Å². The van der Waals surface area contributed by atoms with Gasteiger partial charge in [-0.2, -0.15) is 0 Å². The zero-order chi connectivity index (χ0) is 10.3. The average Bonchev–Trinajstić information content (AvgIpc) is 2.42. The molecule has 74 valence electrons. The number of fused-ring (bicyclic) bond motifs is 1. The van der Waals surface area contributed by atoms with Gasteiger partial charge in [0.1, 0.15) is 11.3 Å². The normalized spacial score (nSPS) is 11.5. The standard InChI is InChI=1S/C11H12FNO/c1-6(2)8-4-11-10(5-9(8)12)13-7(3)14-11/h4-6H,1-3H3. The summed E-state index contributed by atoms with van der Waals surface area (Å²) < 4.78 is 18.8. The molecular weight excluding hydrogens is 181 g/mol. The Balaban J connectivity index is 2.70. The van der Waals surface area contributed by atoms with E-state index in [1.807, 2.05) is 13.8 Å². The number of hydrogen-bond donors (Lipinski definition) is 0. The highest BCUT2D eigenvalue weighted by Gasteiger charge is 2.11. The molecule has 0 unspecified atom stereocenters. The summed E-state index contributed by atoms with van der Waals surface area (Å²) in [7, 11) is 0. The number of aromatic nitrogens is 1. The molecule has 14 heavy (non-hydrogen) atoms. The fraction of sp³-hybridized carbons (Fsp3) is 0.364. The fourth-order valence-electron chi connectivity index (χ4n) is 1.52. The van der Waals surface area contributed by atoms with E-state index >= 15 is 0 Å². The van der Waals surface area contributed by atoms with Crippen LogP contribution in [0.2, 0.25) is 0 Å². The summed E-state index contributed by atoms with van der Waals surface area (Å²) >= 11 is 0. The van der Waals surface area contributed by atoms with Crippen LogP contribution in [0.3, 0.4) is 0 Å². The van der Waals surface area contributed by atoms with Crippen molar-refractivity contribution in [3.63, 3.8) is 0 Å². The van der Waals surface area contributed by atoms with E-state index in [1.165, 1.54) is 6.07 Å². The number of rotatable bonds is 1. The quantitative estimate of drug-likeness (QED) is 0.693. The molecule has 0 saturated heterocycles. The largest absolute Gasteiger partial charge is 0.441 e. The smallest absolute Gasteiger partial charge is 0.192 e. The van der Waals surface area contributed by atoms with E-state index < -0.39 is 0 Å². The third kappa shape index (κ3) is 1.39. The molecule has 0 aliphatic heterocycles. The third-order valence-electron chi connectivity index (χ3n) is 2.24. The van der Waals surface area contributed by atoms with Gasteiger partial charge < -0.3 is 4.42 Å². The van der Waals surface area contributed by atoms with E-state index in [-0.39, 0.29) is 11.7 Å². The van der Waals surface area contributed by atoms with Gasteiger partial charge in [-0.1, -0.05) is 13.8 Å². The Labute approximate surface area is 81.8 Å². The second kappa shape index (κ2) is 3.08. The fourth-order valence-corrected chi connectivity index (χ4v) is 1.52. The maximum atomic E-state index is 13.5. The minimum Gasteiger partial charge on any atom is -0.441 e. The zero-order valence-electron chi connectivity index (χ0n) is 8.47. The van der Waals surface area contributed by atoms with Crippen molar-refractivity contribution in [1.82, 2.24) is 4.98 Å². The molecule has 1 aromatic carbocycles. The van der Waals surface area contributed by atoms with E-state index in [9.17, 15) is 4.39 Å². The Bertz CT molecular complexity index is 473. The second-order valence-corrected chi connectivity index (χ2v) is 3.73. The first-order chi connectivity index (χ1) is 6.58. The molecule has 0 spiro atoms. The van der Waals surface area contributed by atoms with Gasteiger partial charge in [-0.3, -0.25) is 0 Å². The monoisotopic (exact) mass is 193 g/mol. The Morgan fingerprint density at radius 2 is 2.07 bits per heavy atom. The molecule has 0 N–H and O–H groups in total. The first kappa shape index (κ1) is 9.19. The van der Waals surface area contributed by atoms with Gasteiger partial charge in [-0.05, 0) is 17.5 Å². The van der Waals surface area contributed by atoms with Gasteiger partial charge in [-0.25, -0.2) is 9.37 Å². The summed E-state index contributed by atoms with van der Waals surface area (Å²) in [6.07, 6.45) is 0. The van der Waals surface area contributed by atoms with Gasteiger partial charge in [-0.15, -0.1) is 0 Å². The molecule has 1 aromatic heterocycles. The van der Waals surface area contributed by atoms with Crippen LogP contribution < -0.4 is 0 Å². The predicted octanol–water partition coefficient (Wildman–Crippen LogP) is 3.40. The van der Waals surface area contributed by atoms with Gasteiger partial charge in [0.2, 0.25) is 0 Å². The van der Waals surface area contributed by atoms with Crippen LogP contribution in [0.5, 0.6) is 0 Å². The zero-order valence-corrected chi connectivity index (χ0v) is 8.47. The molecule has 0 bridgehead atoms. The summed E-state index contributed by atoms with van der Waals surface area (Å²) in [6.45, 7) is 5.66. The molecule has 3 heteroatoms. The molecule has 0 atom stereocenters. The minimum absolute atomic E-state index is 0.157. The molecule has 0 aliphatic rings. The van der Waals surface area contributed by atoms with Crippen LogP contribution in [0.25, 0.3) is 11.1 Å². The molecule has 2 rings (SSSR count). The lowest BCUT2D eigenvalue weighted by molar-refractivity contribution is 0.558. The van der Waals surface area contributed by atoms with Crippen LogP contribution in [-0.4, -0.2) is 4.98 Å². The highest BCUT2D eigenvalue weighted by Crippen LogP contribution is 2.24. The number of aryl methyl sites for hydroxylation is 1. The molecule has 2 nitrogen and oxygen atoms in total. The summed E-state index contributed by atoms with van der Waals surface area (Å²) in [6, 6.07) is 3.16. The Morgan fingerprint density at radius 3 is 2.71 bits per heavy atom. The van der Waals surface area contributed by atoms with Crippen molar-refractivity contribution in [2.45, 2.75) is 26.7 Å². The van der Waals surface area contributed by atoms with Crippen molar-refractivity contribution in [3.05, 3.63) is 29.4 Å². The van der Waals surface area contributed by atoms with Crippen molar-refractivity contribution in [2.24, 2.45) is 0 Å². The van der Waals surface area contributed by atoms with Crippen LogP contribution in [0.1, 0.15) is 31.2 Å². The Kier molecular flexibility index (Phi) is 2.02. The number of benzene rings is 1. The Morgan fingerprint density at radius 1 is 1.36 bits per heavy atom. The van der Waals surface area contributed by atoms with E-state index in [2.05, 4.69) is 4.98 Å². The molecule has 0 saturated carbocycles. The van der Waals surface area contributed by atoms with Crippen molar-refractivity contribution in [3.8, 4) is 0 Å². The van der Waals surface area contributed by atoms with E-state index in [1.54, 1.807) is 13.0 Å². The molecule has 0 fully saturated rings. The van der Waals surface area contributed by atoms with Gasteiger partial charge in [0, 0.05) is 13.0 Å². The van der Waals surface area contributed by atoms with E-state index in [0.29, 0.717) is 22.6 Å². The van der Waals surface area contributed by atoms with Gasteiger partial charge >= 0.3 is 0 Å². The van der Waals surface area contributed by atoms with Crippen LogP contribution in [0.15, 0.2) is 16.5 Å². The van der Waals surface area contributed by atoms with Crippen LogP contribution in [0.4, 0.5) is 4.39 Å². The summed E-state index contributed by atoms with van der Waals surface area (Å²) in [5, 5.41) is 0. The average molecular weight is 193 g/mol. The first-order valence-corrected chi connectivity index (χ1v) is 4.64. The molecule has 0 amide bonds. The van der Waals surface area contributed by atoms with E-state index in [4.69, 9.17) is 4.42 Å². The molecule has 0 aliphatic carbocycles. The van der Waals surface area contributed by atoms with Gasteiger partial charge in [0.15, 0.2) is 11.5 Å². The highest BCUT2D eigenvalue weighted by atomic mass is 19.1. The van der Waals surface area contributed by atoms with Crippen LogP contribution >= 0.6 is 0 Å². The van der Waals surface area contributed by atoms with Gasteiger partial charge in [0.05, 0.1) is 0 Å². The number of nitrogens with zero attached hydrogens (tertiary/aromatic N) is 1. The molecule has 0 radical (unpaired) electrons. The number of oxazole rings is 1. The van der Waals surface area contributed by atoms with Crippen molar-refractivity contribution < 1.29 is 8.81 Å². The van der Waals surface area contributed by atoms with E-state index in [0.717, 1.165) is 0 Å². The van der Waals surface area contributed by atoms with Crippen LogP contribution in [-0.2, 0) is 0 Å². The van der Waals surface area contributed by atoms with Crippen molar-refractivity contribution in [1.29, 1.82) is 0 Å². The first-order valence-electron chi connectivity index (χ1n) is 4.64. The van der Waals surface area contributed by atoms with Gasteiger partial charge in [0.25, 0.3) is 0 Å². The Hall–Kier alpha value is -1.38. The lowest BCUT2D eigenvalue weighted by Crippen LogP contribution is -1.92. The maximum absolute atomic E-state index is 13.5. The van der Waals surface area contributed by atoms with Crippen molar-refractivity contribution >= 4 is 11.1 Å². The minimum atomic E-state index is -0.208. The number of halogens is 1. The third-order valence-corrected chi connectivity index (χ3v) is 2.24. The summed E-state index contributed by atoms with van der Waals surface area (Å²) in [5.74, 6) is 0.519. The number of hydrogen-bond acceptors (Lipinski definition) is 2. The maximum Gasteiger partial charge on any atom is 0.192 e. The lowest BCUT2D eigenvalue weighted by Gasteiger charge is -2.05. The molecule has 1 heterocycles. The molecule has 2 aromatic rings. The molecular formula is C11H12FNO. The van der Waals surface area contributed by atoms with Crippen molar-refractivity contribution in [2.75, 3.05) is 0 Å². The summed E-state index contributed by atoms with van der Waals surface area (Å²) in [4.78, 5) is 4.07.